The SMILES string of the molecule is CCNC(=NCc1c(CC)nn(C)c1CC)NCC1(CCOCC)CCCC1. The zero-order chi connectivity index (χ0) is 20.4. The van der Waals surface area contributed by atoms with Crippen LogP contribution in [0.15, 0.2) is 4.99 Å². The Kier molecular flexibility index (Phi) is 9.29. The average Bonchev–Trinajstić information content (AvgIpc) is 3.28. The predicted molar refractivity (Wildman–Crippen MR) is 117 cm³/mol. The quantitative estimate of drug-likeness (QED) is 0.344. The van der Waals surface area contributed by atoms with Crippen LogP contribution in [0, 0.1) is 5.41 Å². The molecular formula is C22H41N5O. The molecule has 0 spiro atoms. The highest BCUT2D eigenvalue weighted by Crippen LogP contribution is 2.40. The fourth-order valence-electron chi connectivity index (χ4n) is 4.42. The smallest absolute Gasteiger partial charge is 0.191 e. The lowest BCUT2D eigenvalue weighted by Crippen LogP contribution is -2.43. The standard InChI is InChI=1S/C22H41N5O/c1-6-19-18(20(7-2)27(5)26-19)16-24-21(23-8-3)25-17-22(12-10-11-13-22)14-15-28-9-4/h6-17H2,1-5H3,(H2,23,24,25). The lowest BCUT2D eigenvalue weighted by Gasteiger charge is -2.30. The van der Waals surface area contributed by atoms with Gasteiger partial charge in [-0.05, 0) is 51.4 Å². The third-order valence-corrected chi connectivity index (χ3v) is 6.04. The van der Waals surface area contributed by atoms with Gasteiger partial charge in [0.2, 0.25) is 0 Å². The first-order valence-corrected chi connectivity index (χ1v) is 11.2. The van der Waals surface area contributed by atoms with E-state index in [0.717, 1.165) is 51.5 Å². The summed E-state index contributed by atoms with van der Waals surface area (Å²) in [5.41, 5.74) is 4.10. The van der Waals surface area contributed by atoms with Gasteiger partial charge in [0, 0.05) is 44.6 Å². The van der Waals surface area contributed by atoms with Crippen molar-refractivity contribution in [2.75, 3.05) is 26.3 Å². The summed E-state index contributed by atoms with van der Waals surface area (Å²) in [5.74, 6) is 0.915. The van der Waals surface area contributed by atoms with E-state index in [4.69, 9.17) is 9.73 Å². The number of aromatic nitrogens is 2. The maximum Gasteiger partial charge on any atom is 0.191 e. The molecule has 1 aromatic heterocycles. The van der Waals surface area contributed by atoms with Crippen molar-refractivity contribution in [2.45, 2.75) is 79.2 Å². The van der Waals surface area contributed by atoms with Gasteiger partial charge in [-0.2, -0.15) is 5.10 Å². The van der Waals surface area contributed by atoms with Crippen molar-refractivity contribution in [2.24, 2.45) is 17.5 Å². The molecule has 6 nitrogen and oxygen atoms in total. The lowest BCUT2D eigenvalue weighted by atomic mass is 9.83. The first kappa shape index (κ1) is 22.7. The van der Waals surface area contributed by atoms with Crippen LogP contribution in [-0.4, -0.2) is 42.0 Å². The molecule has 1 aliphatic carbocycles. The Hall–Kier alpha value is -1.56. The van der Waals surface area contributed by atoms with E-state index in [1.165, 1.54) is 42.6 Å². The molecule has 0 unspecified atom stereocenters. The van der Waals surface area contributed by atoms with Crippen LogP contribution in [0.5, 0.6) is 0 Å². The number of nitrogens with one attached hydrogen (secondary N) is 2. The molecule has 1 aliphatic rings. The van der Waals surface area contributed by atoms with Crippen molar-refractivity contribution in [3.63, 3.8) is 0 Å². The maximum absolute atomic E-state index is 5.65. The Morgan fingerprint density at radius 1 is 1.14 bits per heavy atom. The highest BCUT2D eigenvalue weighted by molar-refractivity contribution is 5.79. The molecule has 1 heterocycles. The summed E-state index contributed by atoms with van der Waals surface area (Å²) in [6.07, 6.45) is 8.30. The minimum atomic E-state index is 0.350. The first-order valence-electron chi connectivity index (χ1n) is 11.2. The molecule has 2 rings (SSSR count). The second kappa shape index (κ2) is 11.4. The number of guanidine groups is 1. The molecule has 0 bridgehead atoms. The van der Waals surface area contributed by atoms with Crippen LogP contribution < -0.4 is 10.6 Å². The second-order valence-electron chi connectivity index (χ2n) is 7.91. The topological polar surface area (TPSA) is 63.5 Å². The molecule has 2 N–H and O–H groups in total. The number of ether oxygens (including phenoxy) is 1. The monoisotopic (exact) mass is 391 g/mol. The first-order chi connectivity index (χ1) is 13.6. The van der Waals surface area contributed by atoms with Gasteiger partial charge in [-0.25, -0.2) is 4.99 Å². The number of rotatable bonds is 11. The largest absolute Gasteiger partial charge is 0.382 e. The molecule has 1 fully saturated rings. The minimum Gasteiger partial charge on any atom is -0.382 e. The lowest BCUT2D eigenvalue weighted by molar-refractivity contribution is 0.105. The zero-order valence-corrected chi connectivity index (χ0v) is 18.7. The predicted octanol–water partition coefficient (Wildman–Crippen LogP) is 3.59. The molecule has 28 heavy (non-hydrogen) atoms. The van der Waals surface area contributed by atoms with Crippen molar-refractivity contribution in [3.8, 4) is 0 Å². The van der Waals surface area contributed by atoms with Gasteiger partial charge in [-0.15, -0.1) is 0 Å². The normalized spacial score (nSPS) is 16.5. The van der Waals surface area contributed by atoms with Gasteiger partial charge in [-0.1, -0.05) is 26.7 Å². The van der Waals surface area contributed by atoms with Crippen LogP contribution in [0.4, 0.5) is 0 Å². The molecule has 160 valence electrons. The van der Waals surface area contributed by atoms with E-state index in [0.29, 0.717) is 12.0 Å². The molecule has 0 aromatic carbocycles. The Balaban J connectivity index is 2.06. The van der Waals surface area contributed by atoms with E-state index in [-0.39, 0.29) is 0 Å². The van der Waals surface area contributed by atoms with E-state index in [9.17, 15) is 0 Å². The van der Waals surface area contributed by atoms with Gasteiger partial charge in [0.1, 0.15) is 0 Å². The summed E-state index contributed by atoms with van der Waals surface area (Å²) < 4.78 is 7.67. The van der Waals surface area contributed by atoms with Crippen molar-refractivity contribution < 1.29 is 4.74 Å². The molecule has 1 saturated carbocycles. The van der Waals surface area contributed by atoms with Gasteiger partial charge in [0.25, 0.3) is 0 Å². The zero-order valence-electron chi connectivity index (χ0n) is 18.7. The Morgan fingerprint density at radius 3 is 2.50 bits per heavy atom. The fraction of sp³-hybridized carbons (Fsp3) is 0.818. The Morgan fingerprint density at radius 2 is 1.89 bits per heavy atom. The highest BCUT2D eigenvalue weighted by atomic mass is 16.5. The van der Waals surface area contributed by atoms with E-state index in [2.05, 4.69) is 43.4 Å². The summed E-state index contributed by atoms with van der Waals surface area (Å²) in [5, 5.41) is 11.7. The second-order valence-corrected chi connectivity index (χ2v) is 7.91. The summed E-state index contributed by atoms with van der Waals surface area (Å²) in [4.78, 5) is 4.91. The number of aryl methyl sites for hydroxylation is 2. The van der Waals surface area contributed by atoms with Gasteiger partial charge in [0.15, 0.2) is 5.96 Å². The van der Waals surface area contributed by atoms with Gasteiger partial charge >= 0.3 is 0 Å². The van der Waals surface area contributed by atoms with Crippen LogP contribution in [-0.2, 0) is 31.2 Å². The maximum atomic E-state index is 5.65. The third-order valence-electron chi connectivity index (χ3n) is 6.04. The van der Waals surface area contributed by atoms with E-state index in [1.54, 1.807) is 0 Å². The molecule has 1 aromatic rings. The third kappa shape index (κ3) is 5.97. The van der Waals surface area contributed by atoms with Crippen LogP contribution in [0.1, 0.15) is 76.8 Å². The Labute approximate surface area is 171 Å². The summed E-state index contributed by atoms with van der Waals surface area (Å²) in [6.45, 7) is 12.7. The van der Waals surface area contributed by atoms with Crippen LogP contribution in [0.2, 0.25) is 0 Å². The van der Waals surface area contributed by atoms with E-state index >= 15 is 0 Å². The molecule has 0 aliphatic heterocycles. The van der Waals surface area contributed by atoms with Crippen molar-refractivity contribution in [3.05, 3.63) is 17.0 Å². The van der Waals surface area contributed by atoms with E-state index < -0.39 is 0 Å². The summed E-state index contributed by atoms with van der Waals surface area (Å²) in [6, 6.07) is 0. The summed E-state index contributed by atoms with van der Waals surface area (Å²) in [7, 11) is 2.04. The molecule has 6 heteroatoms. The fourth-order valence-corrected chi connectivity index (χ4v) is 4.42. The van der Waals surface area contributed by atoms with Crippen LogP contribution in [0.3, 0.4) is 0 Å². The van der Waals surface area contributed by atoms with Crippen molar-refractivity contribution >= 4 is 5.96 Å². The summed E-state index contributed by atoms with van der Waals surface area (Å²) >= 11 is 0. The highest BCUT2D eigenvalue weighted by Gasteiger charge is 2.33. The van der Waals surface area contributed by atoms with Crippen LogP contribution in [0.25, 0.3) is 0 Å². The molecule has 0 atom stereocenters. The van der Waals surface area contributed by atoms with Crippen LogP contribution >= 0.6 is 0 Å². The number of hydrogen-bond donors (Lipinski definition) is 2. The van der Waals surface area contributed by atoms with Crippen molar-refractivity contribution in [1.82, 2.24) is 20.4 Å². The Bertz CT molecular complexity index is 617. The molecule has 0 amide bonds. The minimum absolute atomic E-state index is 0.350. The average molecular weight is 392 g/mol. The number of nitrogens with zero attached hydrogens (tertiary/aromatic N) is 3. The van der Waals surface area contributed by atoms with Gasteiger partial charge < -0.3 is 15.4 Å². The van der Waals surface area contributed by atoms with Gasteiger partial charge in [-0.3, -0.25) is 4.68 Å². The molecular weight excluding hydrogens is 350 g/mol. The van der Waals surface area contributed by atoms with E-state index in [1.807, 2.05) is 11.7 Å². The number of aliphatic imine (C=N–C) groups is 1. The van der Waals surface area contributed by atoms with Gasteiger partial charge in [0.05, 0.1) is 12.2 Å². The van der Waals surface area contributed by atoms with Crippen molar-refractivity contribution in [1.29, 1.82) is 0 Å². The molecule has 0 saturated heterocycles. The number of hydrogen-bond acceptors (Lipinski definition) is 3. The molecule has 0 radical (unpaired) electrons.